The zero-order chi connectivity index (χ0) is 20.6. The van der Waals surface area contributed by atoms with Crippen molar-refractivity contribution in [2.45, 2.75) is 52.8 Å². The average molecular weight is 393 g/mol. The van der Waals surface area contributed by atoms with Gasteiger partial charge in [-0.2, -0.15) is 5.10 Å². The van der Waals surface area contributed by atoms with Gasteiger partial charge in [-0.05, 0) is 75.8 Å². The van der Waals surface area contributed by atoms with Gasteiger partial charge in [-0.1, -0.05) is 13.3 Å². The molecule has 1 aromatic carbocycles. The third-order valence-corrected chi connectivity index (χ3v) is 4.76. The minimum atomic E-state index is 0.170. The first-order chi connectivity index (χ1) is 14.0. The molecule has 0 N–H and O–H groups in total. The SMILES string of the molecule is CCCCN(C)Cc1cn(Cc2ccncc2)nc1-c1ccc(OC(C)C)cc1. The molecule has 5 nitrogen and oxygen atoms in total. The molecule has 5 heteroatoms. The van der Waals surface area contributed by atoms with E-state index < -0.39 is 0 Å². The summed E-state index contributed by atoms with van der Waals surface area (Å²) >= 11 is 0. The molecule has 0 atom stereocenters. The van der Waals surface area contributed by atoms with E-state index in [0.29, 0.717) is 0 Å². The Hall–Kier alpha value is -2.66. The van der Waals surface area contributed by atoms with Gasteiger partial charge in [-0.3, -0.25) is 9.67 Å². The summed E-state index contributed by atoms with van der Waals surface area (Å²) in [5, 5.41) is 4.93. The number of aromatic nitrogens is 3. The molecule has 2 aromatic heterocycles. The molecular formula is C24H32N4O. The summed E-state index contributed by atoms with van der Waals surface area (Å²) in [6.45, 7) is 9.02. The molecule has 154 valence electrons. The first-order valence-electron chi connectivity index (χ1n) is 10.5. The maximum absolute atomic E-state index is 5.79. The first-order valence-corrected chi connectivity index (χ1v) is 10.5. The summed E-state index contributed by atoms with van der Waals surface area (Å²) in [5.74, 6) is 0.890. The third-order valence-electron chi connectivity index (χ3n) is 4.76. The molecule has 0 aliphatic carbocycles. The lowest BCUT2D eigenvalue weighted by Gasteiger charge is -2.16. The average Bonchev–Trinajstić information content (AvgIpc) is 3.09. The number of rotatable bonds is 10. The minimum Gasteiger partial charge on any atom is -0.491 e. The summed E-state index contributed by atoms with van der Waals surface area (Å²) in [4.78, 5) is 6.48. The molecule has 0 fully saturated rings. The van der Waals surface area contributed by atoms with Gasteiger partial charge >= 0.3 is 0 Å². The van der Waals surface area contributed by atoms with Gasteiger partial charge < -0.3 is 9.64 Å². The Bertz CT molecular complexity index is 872. The van der Waals surface area contributed by atoms with E-state index in [1.165, 1.54) is 24.0 Å². The van der Waals surface area contributed by atoms with E-state index in [1.54, 1.807) is 0 Å². The Morgan fingerprint density at radius 2 is 1.79 bits per heavy atom. The van der Waals surface area contributed by atoms with Crippen molar-refractivity contribution >= 4 is 0 Å². The van der Waals surface area contributed by atoms with Crippen LogP contribution in [0.3, 0.4) is 0 Å². The predicted molar refractivity (Wildman–Crippen MR) is 118 cm³/mol. The lowest BCUT2D eigenvalue weighted by Crippen LogP contribution is -2.19. The van der Waals surface area contributed by atoms with E-state index in [-0.39, 0.29) is 6.10 Å². The second-order valence-electron chi connectivity index (χ2n) is 7.84. The Balaban J connectivity index is 1.86. The van der Waals surface area contributed by atoms with Crippen molar-refractivity contribution in [3.8, 4) is 17.0 Å². The monoisotopic (exact) mass is 392 g/mol. The number of ether oxygens (including phenoxy) is 1. The standard InChI is InChI=1S/C24H32N4O/c1-5-6-15-27(4)17-22-18-28(16-20-11-13-25-14-12-20)26-24(22)21-7-9-23(10-8-21)29-19(2)3/h7-14,18-19H,5-6,15-17H2,1-4H3. The molecule has 0 aliphatic rings. The van der Waals surface area contributed by atoms with Crippen molar-refractivity contribution in [3.63, 3.8) is 0 Å². The van der Waals surface area contributed by atoms with Crippen LogP contribution in [0.1, 0.15) is 44.7 Å². The molecule has 29 heavy (non-hydrogen) atoms. The molecular weight excluding hydrogens is 360 g/mol. The number of hydrogen-bond acceptors (Lipinski definition) is 4. The van der Waals surface area contributed by atoms with Gasteiger partial charge in [0.05, 0.1) is 18.3 Å². The van der Waals surface area contributed by atoms with E-state index in [0.717, 1.165) is 36.6 Å². The summed E-state index contributed by atoms with van der Waals surface area (Å²) in [5.41, 5.74) is 4.60. The fraction of sp³-hybridized carbons (Fsp3) is 0.417. The van der Waals surface area contributed by atoms with E-state index in [2.05, 4.69) is 42.2 Å². The van der Waals surface area contributed by atoms with Crippen molar-refractivity contribution in [1.82, 2.24) is 19.7 Å². The van der Waals surface area contributed by atoms with Crippen molar-refractivity contribution in [1.29, 1.82) is 0 Å². The smallest absolute Gasteiger partial charge is 0.119 e. The Labute approximate surface area is 174 Å². The second-order valence-corrected chi connectivity index (χ2v) is 7.84. The maximum atomic E-state index is 5.79. The van der Waals surface area contributed by atoms with Crippen LogP contribution in [-0.4, -0.2) is 39.4 Å². The van der Waals surface area contributed by atoms with Crippen LogP contribution in [0.15, 0.2) is 55.0 Å². The van der Waals surface area contributed by atoms with Gasteiger partial charge in [-0.15, -0.1) is 0 Å². The number of unbranched alkanes of at least 4 members (excludes halogenated alkanes) is 1. The highest BCUT2D eigenvalue weighted by atomic mass is 16.5. The predicted octanol–water partition coefficient (Wildman–Crippen LogP) is 5.01. The van der Waals surface area contributed by atoms with Gasteiger partial charge in [-0.25, -0.2) is 0 Å². The molecule has 0 saturated carbocycles. The molecule has 0 aliphatic heterocycles. The Morgan fingerprint density at radius 3 is 2.45 bits per heavy atom. The normalized spacial score (nSPS) is 11.4. The zero-order valence-corrected chi connectivity index (χ0v) is 18.0. The molecule has 3 rings (SSSR count). The van der Waals surface area contributed by atoms with Crippen molar-refractivity contribution < 1.29 is 4.74 Å². The lowest BCUT2D eigenvalue weighted by atomic mass is 10.1. The van der Waals surface area contributed by atoms with Crippen LogP contribution in [0.2, 0.25) is 0 Å². The van der Waals surface area contributed by atoms with E-state index >= 15 is 0 Å². The number of pyridine rings is 1. The second kappa shape index (κ2) is 10.2. The van der Waals surface area contributed by atoms with Crippen LogP contribution in [0.5, 0.6) is 5.75 Å². The molecule has 0 saturated heterocycles. The number of benzene rings is 1. The lowest BCUT2D eigenvalue weighted by molar-refractivity contribution is 0.242. The summed E-state index contributed by atoms with van der Waals surface area (Å²) in [7, 11) is 2.18. The summed E-state index contributed by atoms with van der Waals surface area (Å²) < 4.78 is 7.82. The number of hydrogen-bond donors (Lipinski definition) is 0. The van der Waals surface area contributed by atoms with Crippen molar-refractivity contribution in [2.24, 2.45) is 0 Å². The molecule has 0 unspecified atom stereocenters. The van der Waals surface area contributed by atoms with E-state index in [1.807, 2.05) is 55.2 Å². The largest absolute Gasteiger partial charge is 0.491 e. The van der Waals surface area contributed by atoms with Gasteiger partial charge in [0.1, 0.15) is 5.75 Å². The summed E-state index contributed by atoms with van der Waals surface area (Å²) in [6.07, 6.45) is 8.41. The highest BCUT2D eigenvalue weighted by molar-refractivity contribution is 5.63. The number of nitrogens with zero attached hydrogens (tertiary/aromatic N) is 4. The van der Waals surface area contributed by atoms with E-state index in [9.17, 15) is 0 Å². The topological polar surface area (TPSA) is 43.2 Å². The molecule has 0 spiro atoms. The van der Waals surface area contributed by atoms with Crippen LogP contribution in [-0.2, 0) is 13.1 Å². The first kappa shape index (κ1) is 21.1. The minimum absolute atomic E-state index is 0.170. The molecule has 0 radical (unpaired) electrons. The molecule has 2 heterocycles. The van der Waals surface area contributed by atoms with E-state index in [4.69, 9.17) is 9.84 Å². The summed E-state index contributed by atoms with van der Waals surface area (Å²) in [6, 6.07) is 12.3. The van der Waals surface area contributed by atoms with Crippen molar-refractivity contribution in [2.75, 3.05) is 13.6 Å². The van der Waals surface area contributed by atoms with Crippen LogP contribution < -0.4 is 4.74 Å². The Kier molecular flexibility index (Phi) is 7.42. The van der Waals surface area contributed by atoms with Gasteiger partial charge in [0.2, 0.25) is 0 Å². The van der Waals surface area contributed by atoms with Gasteiger partial charge in [0.15, 0.2) is 0 Å². The fourth-order valence-electron chi connectivity index (χ4n) is 3.34. The van der Waals surface area contributed by atoms with Crippen LogP contribution in [0.25, 0.3) is 11.3 Å². The quantitative estimate of drug-likeness (QED) is 0.486. The molecule has 3 aromatic rings. The highest BCUT2D eigenvalue weighted by Gasteiger charge is 2.14. The van der Waals surface area contributed by atoms with Crippen molar-refractivity contribution in [3.05, 3.63) is 66.1 Å². The van der Waals surface area contributed by atoms with Gasteiger partial charge in [0, 0.05) is 36.3 Å². The Morgan fingerprint density at radius 1 is 1.07 bits per heavy atom. The maximum Gasteiger partial charge on any atom is 0.119 e. The fourth-order valence-corrected chi connectivity index (χ4v) is 3.34. The van der Waals surface area contributed by atoms with Gasteiger partial charge in [0.25, 0.3) is 0 Å². The highest BCUT2D eigenvalue weighted by Crippen LogP contribution is 2.26. The van der Waals surface area contributed by atoms with Crippen LogP contribution in [0, 0.1) is 0 Å². The third kappa shape index (κ3) is 6.16. The molecule has 0 amide bonds. The molecule has 0 bridgehead atoms. The van der Waals surface area contributed by atoms with Crippen LogP contribution in [0.4, 0.5) is 0 Å². The van der Waals surface area contributed by atoms with Crippen LogP contribution >= 0.6 is 0 Å². The zero-order valence-electron chi connectivity index (χ0n) is 18.0.